The molecular formula is C15H26N4O. The van der Waals surface area contributed by atoms with Crippen LogP contribution in [-0.2, 0) is 4.74 Å². The monoisotopic (exact) mass is 278 g/mol. The van der Waals surface area contributed by atoms with Crippen molar-refractivity contribution in [2.24, 2.45) is 5.73 Å². The molecule has 2 aliphatic rings. The molecule has 2 atom stereocenters. The minimum Gasteiger partial charge on any atom is -0.377 e. The highest BCUT2D eigenvalue weighted by Crippen LogP contribution is 2.38. The van der Waals surface area contributed by atoms with Gasteiger partial charge in [-0.15, -0.1) is 0 Å². The van der Waals surface area contributed by atoms with E-state index >= 15 is 0 Å². The molecule has 0 radical (unpaired) electrons. The summed E-state index contributed by atoms with van der Waals surface area (Å²) < 4.78 is 8.15. The molecule has 1 aliphatic carbocycles. The smallest absolute Gasteiger partial charge is 0.0951 e. The first-order valence-electron chi connectivity index (χ1n) is 7.91. The summed E-state index contributed by atoms with van der Waals surface area (Å²) in [6.07, 6.45) is 9.26. The third kappa shape index (κ3) is 2.90. The van der Waals surface area contributed by atoms with Gasteiger partial charge in [-0.2, -0.15) is 0 Å². The Balaban J connectivity index is 1.73. The van der Waals surface area contributed by atoms with Gasteiger partial charge in [0.1, 0.15) is 0 Å². The Hall–Kier alpha value is -0.910. The van der Waals surface area contributed by atoms with Gasteiger partial charge in [0.2, 0.25) is 0 Å². The van der Waals surface area contributed by atoms with Gasteiger partial charge in [0, 0.05) is 31.9 Å². The first kappa shape index (κ1) is 14.0. The van der Waals surface area contributed by atoms with E-state index in [2.05, 4.69) is 21.4 Å². The van der Waals surface area contributed by atoms with E-state index in [1.807, 2.05) is 12.5 Å². The molecule has 0 amide bonds. The zero-order valence-electron chi connectivity index (χ0n) is 12.4. The van der Waals surface area contributed by atoms with Crippen LogP contribution in [0.3, 0.4) is 0 Å². The fourth-order valence-electron chi connectivity index (χ4n) is 3.31. The average Bonchev–Trinajstić information content (AvgIpc) is 3.20. The van der Waals surface area contributed by atoms with Gasteiger partial charge >= 0.3 is 0 Å². The molecule has 1 saturated heterocycles. The predicted molar refractivity (Wildman–Crippen MR) is 78.5 cm³/mol. The number of piperidine rings is 1. The number of ether oxygens (including phenoxy) is 1. The molecule has 2 N–H and O–H groups in total. The van der Waals surface area contributed by atoms with Gasteiger partial charge in [-0.1, -0.05) is 0 Å². The van der Waals surface area contributed by atoms with Crippen LogP contribution in [0.5, 0.6) is 0 Å². The maximum atomic E-state index is 6.08. The van der Waals surface area contributed by atoms with E-state index in [0.717, 1.165) is 19.7 Å². The Morgan fingerprint density at radius 2 is 2.30 bits per heavy atom. The summed E-state index contributed by atoms with van der Waals surface area (Å²) in [6, 6.07) is 0.940. The Kier molecular flexibility index (Phi) is 4.38. The highest BCUT2D eigenvalue weighted by Gasteiger charge is 2.32. The van der Waals surface area contributed by atoms with Gasteiger partial charge in [-0.3, -0.25) is 4.90 Å². The molecule has 5 nitrogen and oxygen atoms in total. The van der Waals surface area contributed by atoms with E-state index in [-0.39, 0.29) is 6.04 Å². The molecule has 2 fully saturated rings. The highest BCUT2D eigenvalue weighted by atomic mass is 16.5. The normalized spacial score (nSPS) is 25.8. The van der Waals surface area contributed by atoms with Gasteiger partial charge in [0.05, 0.1) is 24.2 Å². The Morgan fingerprint density at radius 1 is 1.45 bits per heavy atom. The van der Waals surface area contributed by atoms with Crippen molar-refractivity contribution in [2.45, 2.75) is 50.8 Å². The van der Waals surface area contributed by atoms with Crippen molar-refractivity contribution in [3.05, 3.63) is 18.2 Å². The molecule has 2 heterocycles. The minimum absolute atomic E-state index is 0.279. The van der Waals surface area contributed by atoms with Crippen LogP contribution in [-0.4, -0.2) is 46.8 Å². The van der Waals surface area contributed by atoms with Crippen molar-refractivity contribution in [3.63, 3.8) is 0 Å². The molecule has 2 unspecified atom stereocenters. The maximum absolute atomic E-state index is 6.08. The molecule has 1 saturated carbocycles. The lowest BCUT2D eigenvalue weighted by atomic mass is 10.0. The first-order chi connectivity index (χ1) is 9.83. The molecule has 1 aromatic heterocycles. The van der Waals surface area contributed by atoms with E-state index in [1.165, 1.54) is 31.4 Å². The van der Waals surface area contributed by atoms with Gasteiger partial charge in [0.15, 0.2) is 0 Å². The SMILES string of the molecule is CCOC1CCCN(C(CN)c2cncn2C2CC2)C1. The third-order valence-corrected chi connectivity index (χ3v) is 4.45. The number of nitrogens with zero attached hydrogens (tertiary/aromatic N) is 3. The second-order valence-electron chi connectivity index (χ2n) is 5.92. The van der Waals surface area contributed by atoms with Crippen LogP contribution in [0.2, 0.25) is 0 Å². The molecule has 0 bridgehead atoms. The average molecular weight is 278 g/mol. The Morgan fingerprint density at radius 3 is 3.00 bits per heavy atom. The summed E-state index contributed by atoms with van der Waals surface area (Å²) in [5.74, 6) is 0. The zero-order valence-corrected chi connectivity index (χ0v) is 12.4. The lowest BCUT2D eigenvalue weighted by Crippen LogP contribution is -2.44. The van der Waals surface area contributed by atoms with E-state index in [0.29, 0.717) is 18.7 Å². The summed E-state index contributed by atoms with van der Waals surface area (Å²) in [6.45, 7) is 5.62. The first-order valence-corrected chi connectivity index (χ1v) is 7.91. The maximum Gasteiger partial charge on any atom is 0.0951 e. The second-order valence-corrected chi connectivity index (χ2v) is 5.92. The minimum atomic E-state index is 0.279. The van der Waals surface area contributed by atoms with E-state index in [1.54, 1.807) is 0 Å². The molecule has 20 heavy (non-hydrogen) atoms. The van der Waals surface area contributed by atoms with Gasteiger partial charge < -0.3 is 15.0 Å². The lowest BCUT2D eigenvalue weighted by Gasteiger charge is -2.37. The van der Waals surface area contributed by atoms with Crippen molar-refractivity contribution < 1.29 is 4.74 Å². The molecule has 1 aliphatic heterocycles. The Bertz CT molecular complexity index is 427. The summed E-state index contributed by atoms with van der Waals surface area (Å²) in [7, 11) is 0. The van der Waals surface area contributed by atoms with Crippen LogP contribution < -0.4 is 5.73 Å². The molecule has 3 rings (SSSR count). The lowest BCUT2D eigenvalue weighted by molar-refractivity contribution is -0.00756. The number of likely N-dealkylation sites (tertiary alicyclic amines) is 1. The molecule has 0 spiro atoms. The number of rotatable bonds is 6. The van der Waals surface area contributed by atoms with E-state index < -0.39 is 0 Å². The molecule has 0 aromatic carbocycles. The molecule has 5 heteroatoms. The van der Waals surface area contributed by atoms with Crippen LogP contribution in [0.1, 0.15) is 50.4 Å². The van der Waals surface area contributed by atoms with Crippen LogP contribution in [0, 0.1) is 0 Å². The standard InChI is InChI=1S/C15H26N4O/c1-2-20-13-4-3-7-18(10-13)14(8-16)15-9-17-11-19(15)12-5-6-12/h9,11-14H,2-8,10,16H2,1H3. The van der Waals surface area contributed by atoms with Gasteiger partial charge in [-0.25, -0.2) is 4.98 Å². The van der Waals surface area contributed by atoms with Crippen LogP contribution in [0.4, 0.5) is 0 Å². The second kappa shape index (κ2) is 6.24. The number of imidazole rings is 1. The van der Waals surface area contributed by atoms with Gasteiger partial charge in [-0.05, 0) is 39.2 Å². The van der Waals surface area contributed by atoms with Crippen LogP contribution in [0.15, 0.2) is 12.5 Å². The fourth-order valence-corrected chi connectivity index (χ4v) is 3.31. The van der Waals surface area contributed by atoms with E-state index in [9.17, 15) is 0 Å². The van der Waals surface area contributed by atoms with Crippen LogP contribution in [0.25, 0.3) is 0 Å². The zero-order chi connectivity index (χ0) is 13.9. The predicted octanol–water partition coefficient (Wildman–Crippen LogP) is 1.72. The summed E-state index contributed by atoms with van der Waals surface area (Å²) in [4.78, 5) is 6.84. The van der Waals surface area contributed by atoms with Crippen molar-refractivity contribution in [1.82, 2.24) is 14.5 Å². The molecule has 1 aromatic rings. The molecular weight excluding hydrogens is 252 g/mol. The third-order valence-electron chi connectivity index (χ3n) is 4.45. The summed E-state index contributed by atoms with van der Waals surface area (Å²) in [5, 5.41) is 0. The van der Waals surface area contributed by atoms with E-state index in [4.69, 9.17) is 10.5 Å². The Labute approximate surface area is 121 Å². The number of hydrogen-bond acceptors (Lipinski definition) is 4. The summed E-state index contributed by atoms with van der Waals surface area (Å²) in [5.41, 5.74) is 7.36. The van der Waals surface area contributed by atoms with Crippen molar-refractivity contribution in [1.29, 1.82) is 0 Å². The molecule has 112 valence electrons. The summed E-state index contributed by atoms with van der Waals surface area (Å²) >= 11 is 0. The fraction of sp³-hybridized carbons (Fsp3) is 0.800. The number of nitrogens with two attached hydrogens (primary N) is 1. The number of aromatic nitrogens is 2. The highest BCUT2D eigenvalue weighted by molar-refractivity contribution is 5.10. The van der Waals surface area contributed by atoms with Gasteiger partial charge in [0.25, 0.3) is 0 Å². The number of hydrogen-bond donors (Lipinski definition) is 1. The van der Waals surface area contributed by atoms with Crippen molar-refractivity contribution in [2.75, 3.05) is 26.2 Å². The van der Waals surface area contributed by atoms with Crippen LogP contribution >= 0.6 is 0 Å². The quantitative estimate of drug-likeness (QED) is 0.861. The largest absolute Gasteiger partial charge is 0.377 e. The van der Waals surface area contributed by atoms with Crippen molar-refractivity contribution in [3.8, 4) is 0 Å². The van der Waals surface area contributed by atoms with Crippen molar-refractivity contribution >= 4 is 0 Å². The topological polar surface area (TPSA) is 56.3 Å².